The molecule has 0 aliphatic carbocycles. The molecule has 0 radical (unpaired) electrons. The van der Waals surface area contributed by atoms with Crippen LogP contribution < -0.4 is 0 Å². The van der Waals surface area contributed by atoms with Crippen molar-refractivity contribution in [1.82, 2.24) is 9.88 Å². The second kappa shape index (κ2) is 6.25. The summed E-state index contributed by atoms with van der Waals surface area (Å²) in [5.41, 5.74) is 3.39. The number of halogens is 1. The van der Waals surface area contributed by atoms with Gasteiger partial charge >= 0.3 is 0 Å². The van der Waals surface area contributed by atoms with Gasteiger partial charge in [-0.15, -0.1) is 0 Å². The number of hydrogen-bond acceptors (Lipinski definition) is 2. The van der Waals surface area contributed by atoms with Crippen LogP contribution in [0.1, 0.15) is 47.3 Å². The predicted molar refractivity (Wildman–Crippen MR) is 90.6 cm³/mol. The lowest BCUT2D eigenvalue weighted by molar-refractivity contribution is 0.0763. The van der Waals surface area contributed by atoms with Gasteiger partial charge in [0.05, 0.1) is 11.1 Å². The number of amides is 1. The SMILES string of the molecule is Cc1cc(C(=O)N2CCCCCC2)c2ccc(Cl)c(C)c2n1. The molecule has 1 amide bonds. The Bertz CT molecular complexity index is 719. The molecule has 0 bridgehead atoms. The first kappa shape index (κ1) is 15.3. The third-order valence-electron chi connectivity index (χ3n) is 4.42. The number of nitrogens with zero attached hydrogens (tertiary/aromatic N) is 2. The summed E-state index contributed by atoms with van der Waals surface area (Å²) in [5, 5.41) is 1.60. The number of rotatable bonds is 1. The van der Waals surface area contributed by atoms with Gasteiger partial charge < -0.3 is 4.90 Å². The van der Waals surface area contributed by atoms with Crippen LogP contribution in [-0.2, 0) is 0 Å². The summed E-state index contributed by atoms with van der Waals surface area (Å²) in [5.74, 6) is 0.124. The van der Waals surface area contributed by atoms with E-state index < -0.39 is 0 Å². The van der Waals surface area contributed by atoms with Crippen molar-refractivity contribution >= 4 is 28.4 Å². The highest BCUT2D eigenvalue weighted by Crippen LogP contribution is 2.28. The zero-order valence-corrected chi connectivity index (χ0v) is 13.9. The zero-order valence-electron chi connectivity index (χ0n) is 13.2. The summed E-state index contributed by atoms with van der Waals surface area (Å²) in [7, 11) is 0. The van der Waals surface area contributed by atoms with Gasteiger partial charge in [-0.05, 0) is 44.4 Å². The normalized spacial score (nSPS) is 15.9. The minimum atomic E-state index is 0.124. The molecule has 0 N–H and O–H groups in total. The van der Waals surface area contributed by atoms with Crippen molar-refractivity contribution in [2.24, 2.45) is 0 Å². The molecule has 0 unspecified atom stereocenters. The first-order valence-corrected chi connectivity index (χ1v) is 8.31. The van der Waals surface area contributed by atoms with Crippen LogP contribution in [0.2, 0.25) is 5.02 Å². The lowest BCUT2D eigenvalue weighted by atomic mass is 10.0. The molecule has 1 aliphatic rings. The highest BCUT2D eigenvalue weighted by Gasteiger charge is 2.21. The smallest absolute Gasteiger partial charge is 0.254 e. The van der Waals surface area contributed by atoms with Crippen molar-refractivity contribution < 1.29 is 4.79 Å². The third-order valence-corrected chi connectivity index (χ3v) is 4.83. The Morgan fingerprint density at radius 3 is 2.50 bits per heavy atom. The lowest BCUT2D eigenvalue weighted by Gasteiger charge is -2.21. The van der Waals surface area contributed by atoms with Crippen molar-refractivity contribution in [2.75, 3.05) is 13.1 Å². The average Bonchev–Trinajstić information content (AvgIpc) is 2.79. The van der Waals surface area contributed by atoms with Crippen molar-refractivity contribution in [1.29, 1.82) is 0 Å². The fraction of sp³-hybridized carbons (Fsp3) is 0.444. The molecule has 116 valence electrons. The summed E-state index contributed by atoms with van der Waals surface area (Å²) in [6.07, 6.45) is 4.63. The first-order valence-electron chi connectivity index (χ1n) is 7.93. The number of carbonyl (C=O) groups excluding carboxylic acids is 1. The van der Waals surface area contributed by atoms with E-state index in [2.05, 4.69) is 4.98 Å². The molecule has 0 atom stereocenters. The monoisotopic (exact) mass is 316 g/mol. The predicted octanol–water partition coefficient (Wildman–Crippen LogP) is 4.52. The van der Waals surface area contributed by atoms with Crippen molar-refractivity contribution in [3.8, 4) is 0 Å². The van der Waals surface area contributed by atoms with Crippen LogP contribution in [-0.4, -0.2) is 28.9 Å². The Morgan fingerprint density at radius 1 is 1.14 bits per heavy atom. The highest BCUT2D eigenvalue weighted by atomic mass is 35.5. The maximum Gasteiger partial charge on any atom is 0.254 e. The average molecular weight is 317 g/mol. The van der Waals surface area contributed by atoms with E-state index in [4.69, 9.17) is 11.6 Å². The molecule has 3 rings (SSSR count). The second-order valence-electron chi connectivity index (χ2n) is 6.09. The summed E-state index contributed by atoms with van der Waals surface area (Å²) < 4.78 is 0. The summed E-state index contributed by atoms with van der Waals surface area (Å²) >= 11 is 6.21. The quantitative estimate of drug-likeness (QED) is 0.775. The topological polar surface area (TPSA) is 33.2 Å². The van der Waals surface area contributed by atoms with Gasteiger partial charge in [-0.1, -0.05) is 30.5 Å². The molecule has 0 saturated carbocycles. The molecule has 1 aromatic heterocycles. The lowest BCUT2D eigenvalue weighted by Crippen LogP contribution is -2.32. The Kier molecular flexibility index (Phi) is 4.34. The van der Waals surface area contributed by atoms with E-state index in [-0.39, 0.29) is 5.91 Å². The number of hydrogen-bond donors (Lipinski definition) is 0. The minimum Gasteiger partial charge on any atom is -0.339 e. The van der Waals surface area contributed by atoms with Crippen LogP contribution in [0.15, 0.2) is 18.2 Å². The van der Waals surface area contributed by atoms with Gasteiger partial charge in [0.1, 0.15) is 0 Å². The minimum absolute atomic E-state index is 0.124. The van der Waals surface area contributed by atoms with E-state index in [1.165, 1.54) is 12.8 Å². The third kappa shape index (κ3) is 2.82. The molecule has 3 nitrogen and oxygen atoms in total. The van der Waals surface area contributed by atoms with Gasteiger partial charge in [-0.2, -0.15) is 0 Å². The van der Waals surface area contributed by atoms with Gasteiger partial charge in [-0.3, -0.25) is 9.78 Å². The molecule has 1 aliphatic heterocycles. The van der Waals surface area contributed by atoms with E-state index in [1.807, 2.05) is 36.9 Å². The molecule has 0 spiro atoms. The largest absolute Gasteiger partial charge is 0.339 e. The Balaban J connectivity index is 2.09. The fourth-order valence-electron chi connectivity index (χ4n) is 3.15. The highest BCUT2D eigenvalue weighted by molar-refractivity contribution is 6.32. The number of pyridine rings is 1. The zero-order chi connectivity index (χ0) is 15.7. The van der Waals surface area contributed by atoms with Gasteiger partial charge in [0.25, 0.3) is 5.91 Å². The molecule has 4 heteroatoms. The number of fused-ring (bicyclic) bond motifs is 1. The van der Waals surface area contributed by atoms with Crippen molar-refractivity contribution in [2.45, 2.75) is 39.5 Å². The molecule has 1 saturated heterocycles. The van der Waals surface area contributed by atoms with Crippen molar-refractivity contribution in [3.05, 3.63) is 40.0 Å². The Labute approximate surface area is 136 Å². The summed E-state index contributed by atoms with van der Waals surface area (Å²) in [4.78, 5) is 19.6. The van der Waals surface area contributed by atoms with E-state index in [0.717, 1.165) is 53.7 Å². The number of aromatic nitrogens is 1. The second-order valence-corrected chi connectivity index (χ2v) is 6.49. The van der Waals surface area contributed by atoms with Crippen molar-refractivity contribution in [3.63, 3.8) is 0 Å². The van der Waals surface area contributed by atoms with E-state index >= 15 is 0 Å². The van der Waals surface area contributed by atoms with Crippen LogP contribution in [0, 0.1) is 13.8 Å². The van der Waals surface area contributed by atoms with Gasteiger partial charge in [0.15, 0.2) is 0 Å². The molecule has 2 aromatic rings. The molecule has 2 heterocycles. The number of carbonyl (C=O) groups is 1. The van der Waals surface area contributed by atoms with Crippen LogP contribution >= 0.6 is 11.6 Å². The van der Waals surface area contributed by atoms with Gasteiger partial charge in [0, 0.05) is 29.2 Å². The summed E-state index contributed by atoms with van der Waals surface area (Å²) in [6, 6.07) is 5.68. The fourth-order valence-corrected chi connectivity index (χ4v) is 3.31. The molecule has 1 fully saturated rings. The maximum absolute atomic E-state index is 13.0. The number of aryl methyl sites for hydroxylation is 2. The standard InChI is InChI=1S/C18H21ClN2O/c1-12-11-15(18(22)21-9-5-3-4-6-10-21)14-7-8-16(19)13(2)17(14)20-12/h7-8,11H,3-6,9-10H2,1-2H3. The van der Waals surface area contributed by atoms with Crippen LogP contribution in [0.25, 0.3) is 10.9 Å². The molecule has 1 aromatic carbocycles. The maximum atomic E-state index is 13.0. The van der Waals surface area contributed by atoms with Crippen LogP contribution in [0.4, 0.5) is 0 Å². The number of benzene rings is 1. The van der Waals surface area contributed by atoms with Crippen LogP contribution in [0.3, 0.4) is 0 Å². The summed E-state index contributed by atoms with van der Waals surface area (Å²) in [6.45, 7) is 5.60. The van der Waals surface area contributed by atoms with Gasteiger partial charge in [-0.25, -0.2) is 0 Å². The Morgan fingerprint density at radius 2 is 1.82 bits per heavy atom. The molecular weight excluding hydrogens is 296 g/mol. The van der Waals surface area contributed by atoms with E-state index in [0.29, 0.717) is 5.02 Å². The van der Waals surface area contributed by atoms with E-state index in [9.17, 15) is 4.79 Å². The molecular formula is C18H21ClN2O. The van der Waals surface area contributed by atoms with E-state index in [1.54, 1.807) is 0 Å². The molecule has 22 heavy (non-hydrogen) atoms. The van der Waals surface area contributed by atoms with Crippen LogP contribution in [0.5, 0.6) is 0 Å². The first-order chi connectivity index (χ1) is 10.6. The number of likely N-dealkylation sites (tertiary alicyclic amines) is 1. The van der Waals surface area contributed by atoms with Gasteiger partial charge in [0.2, 0.25) is 0 Å². The Hall–Kier alpha value is -1.61.